The Bertz CT molecular complexity index is 798. The van der Waals surface area contributed by atoms with Crippen LogP contribution in [-0.4, -0.2) is 25.6 Å². The van der Waals surface area contributed by atoms with Crippen molar-refractivity contribution < 1.29 is 14.3 Å². The van der Waals surface area contributed by atoms with E-state index < -0.39 is 11.8 Å². The topological polar surface area (TPSA) is 68.0 Å². The summed E-state index contributed by atoms with van der Waals surface area (Å²) in [7, 11) is 0. The fourth-order valence-electron chi connectivity index (χ4n) is 2.09. The number of benzene rings is 1. The summed E-state index contributed by atoms with van der Waals surface area (Å²) >= 11 is 0. The molecule has 2 aromatic heterocycles. The van der Waals surface area contributed by atoms with Gasteiger partial charge in [-0.05, 0) is 24.3 Å². The van der Waals surface area contributed by atoms with E-state index in [1.165, 1.54) is 16.7 Å². The number of aromatic nitrogens is 3. The lowest BCUT2D eigenvalue weighted by atomic mass is 10.2. The minimum atomic E-state index is -1.01. The zero-order valence-electron chi connectivity index (χ0n) is 10.3. The lowest BCUT2D eigenvalue weighted by molar-refractivity contribution is -0.137. The molecule has 0 aliphatic rings. The average molecular weight is 271 g/mol. The first-order chi connectivity index (χ1) is 9.65. The molecular formula is C14H10FN3O2. The highest BCUT2D eigenvalue weighted by molar-refractivity contribution is 5.79. The van der Waals surface area contributed by atoms with Crippen LogP contribution in [0.15, 0.2) is 42.6 Å². The second kappa shape index (κ2) is 4.73. The fourth-order valence-corrected chi connectivity index (χ4v) is 2.09. The lowest BCUT2D eigenvalue weighted by Gasteiger charge is -2.05. The Morgan fingerprint density at radius 1 is 1.30 bits per heavy atom. The molecule has 0 atom stereocenters. The molecule has 0 bridgehead atoms. The normalized spacial score (nSPS) is 10.8. The Kier molecular flexibility index (Phi) is 2.90. The molecule has 0 saturated heterocycles. The number of aliphatic carboxylic acids is 1. The van der Waals surface area contributed by atoms with Crippen LogP contribution in [0.2, 0.25) is 0 Å². The predicted octanol–water partition coefficient (Wildman–Crippen LogP) is 2.32. The van der Waals surface area contributed by atoms with Crippen molar-refractivity contribution in [2.24, 2.45) is 0 Å². The van der Waals surface area contributed by atoms with E-state index in [0.29, 0.717) is 22.6 Å². The number of hydrogen-bond donors (Lipinski definition) is 1. The van der Waals surface area contributed by atoms with Crippen LogP contribution in [0.1, 0.15) is 0 Å². The maximum atomic E-state index is 13.3. The van der Waals surface area contributed by atoms with Crippen LogP contribution in [-0.2, 0) is 11.3 Å². The number of carboxylic acid groups (broad SMARTS) is 1. The maximum Gasteiger partial charge on any atom is 0.323 e. The molecule has 0 unspecified atom stereocenters. The van der Waals surface area contributed by atoms with Crippen molar-refractivity contribution in [2.45, 2.75) is 6.54 Å². The molecule has 0 aliphatic heterocycles. The van der Waals surface area contributed by atoms with Crippen LogP contribution in [0, 0.1) is 5.82 Å². The molecule has 5 nitrogen and oxygen atoms in total. The lowest BCUT2D eigenvalue weighted by Crippen LogP contribution is -2.10. The fraction of sp³-hybridized carbons (Fsp3) is 0.0714. The monoisotopic (exact) mass is 271 g/mol. The van der Waals surface area contributed by atoms with Gasteiger partial charge in [0.1, 0.15) is 23.7 Å². The van der Waals surface area contributed by atoms with E-state index in [1.807, 2.05) is 0 Å². The van der Waals surface area contributed by atoms with Crippen LogP contribution < -0.4 is 0 Å². The van der Waals surface area contributed by atoms with Crippen molar-refractivity contribution in [3.63, 3.8) is 0 Å². The first-order valence-corrected chi connectivity index (χ1v) is 5.94. The van der Waals surface area contributed by atoms with Crippen LogP contribution in [0.4, 0.5) is 4.39 Å². The van der Waals surface area contributed by atoms with Gasteiger partial charge in [-0.2, -0.15) is 0 Å². The van der Waals surface area contributed by atoms with Gasteiger partial charge in [-0.1, -0.05) is 12.1 Å². The van der Waals surface area contributed by atoms with Crippen molar-refractivity contribution in [1.82, 2.24) is 14.5 Å². The molecule has 0 spiro atoms. The van der Waals surface area contributed by atoms with Gasteiger partial charge in [-0.25, -0.2) is 14.4 Å². The maximum absolute atomic E-state index is 13.3. The summed E-state index contributed by atoms with van der Waals surface area (Å²) in [6.45, 7) is -0.278. The minimum Gasteiger partial charge on any atom is -0.480 e. The minimum absolute atomic E-state index is 0.278. The largest absolute Gasteiger partial charge is 0.480 e. The van der Waals surface area contributed by atoms with Gasteiger partial charge < -0.3 is 5.11 Å². The van der Waals surface area contributed by atoms with Crippen molar-refractivity contribution in [1.29, 1.82) is 0 Å². The number of hydrogen-bond acceptors (Lipinski definition) is 3. The average Bonchev–Trinajstić information content (AvgIpc) is 2.77. The third-order valence-corrected chi connectivity index (χ3v) is 2.88. The third kappa shape index (κ3) is 2.11. The van der Waals surface area contributed by atoms with Gasteiger partial charge in [0.2, 0.25) is 0 Å². The Labute approximate surface area is 113 Å². The summed E-state index contributed by atoms with van der Waals surface area (Å²) in [5, 5.41) is 9.02. The molecule has 0 aliphatic carbocycles. The van der Waals surface area contributed by atoms with Gasteiger partial charge in [-0.3, -0.25) is 9.36 Å². The number of fused-ring (bicyclic) bond motifs is 1. The number of rotatable bonds is 3. The highest BCUT2D eigenvalue weighted by Gasteiger charge is 2.15. The van der Waals surface area contributed by atoms with Crippen LogP contribution in [0.25, 0.3) is 22.6 Å². The van der Waals surface area contributed by atoms with E-state index in [1.54, 1.807) is 30.5 Å². The quantitative estimate of drug-likeness (QED) is 0.793. The molecule has 3 rings (SSSR count). The first-order valence-electron chi connectivity index (χ1n) is 5.94. The molecule has 0 amide bonds. The van der Waals surface area contributed by atoms with Crippen molar-refractivity contribution >= 4 is 17.1 Å². The summed E-state index contributed by atoms with van der Waals surface area (Å²) in [6.07, 6.45) is 1.57. The second-order valence-electron chi connectivity index (χ2n) is 4.27. The summed E-state index contributed by atoms with van der Waals surface area (Å²) < 4.78 is 14.8. The summed E-state index contributed by atoms with van der Waals surface area (Å²) in [5.41, 5.74) is 1.56. The zero-order chi connectivity index (χ0) is 14.1. The molecule has 6 heteroatoms. The van der Waals surface area contributed by atoms with E-state index in [4.69, 9.17) is 5.11 Å². The van der Waals surface area contributed by atoms with Gasteiger partial charge in [0.05, 0.1) is 0 Å². The first kappa shape index (κ1) is 12.3. The van der Waals surface area contributed by atoms with Gasteiger partial charge in [0, 0.05) is 11.8 Å². The Morgan fingerprint density at radius 2 is 2.15 bits per heavy atom. The van der Waals surface area contributed by atoms with Crippen molar-refractivity contribution in [3.05, 3.63) is 48.4 Å². The molecule has 1 aromatic carbocycles. The zero-order valence-corrected chi connectivity index (χ0v) is 10.3. The molecule has 3 aromatic rings. The number of carboxylic acids is 1. The van der Waals surface area contributed by atoms with Crippen LogP contribution in [0.5, 0.6) is 0 Å². The molecule has 100 valence electrons. The summed E-state index contributed by atoms with van der Waals surface area (Å²) in [6, 6.07) is 9.34. The number of imidazole rings is 1. The second-order valence-corrected chi connectivity index (χ2v) is 4.27. The van der Waals surface area contributed by atoms with Gasteiger partial charge >= 0.3 is 5.97 Å². The van der Waals surface area contributed by atoms with Gasteiger partial charge in [0.25, 0.3) is 0 Å². The molecule has 2 heterocycles. The van der Waals surface area contributed by atoms with E-state index in [2.05, 4.69) is 9.97 Å². The number of halogens is 1. The van der Waals surface area contributed by atoms with Crippen LogP contribution in [0.3, 0.4) is 0 Å². The van der Waals surface area contributed by atoms with E-state index >= 15 is 0 Å². The van der Waals surface area contributed by atoms with Gasteiger partial charge in [-0.15, -0.1) is 0 Å². The number of nitrogens with zero attached hydrogens (tertiary/aromatic N) is 3. The molecule has 0 fully saturated rings. The number of pyridine rings is 1. The van der Waals surface area contributed by atoms with E-state index in [0.717, 1.165) is 0 Å². The predicted molar refractivity (Wildman–Crippen MR) is 70.6 cm³/mol. The van der Waals surface area contributed by atoms with Crippen molar-refractivity contribution in [3.8, 4) is 11.4 Å². The van der Waals surface area contributed by atoms with E-state index in [-0.39, 0.29) is 6.54 Å². The van der Waals surface area contributed by atoms with Crippen molar-refractivity contribution in [2.75, 3.05) is 0 Å². The molecule has 1 N–H and O–H groups in total. The molecule has 20 heavy (non-hydrogen) atoms. The molecule has 0 radical (unpaired) electrons. The Hall–Kier alpha value is -2.76. The highest BCUT2D eigenvalue weighted by Crippen LogP contribution is 2.24. The van der Waals surface area contributed by atoms with E-state index in [9.17, 15) is 9.18 Å². The molecule has 0 saturated carbocycles. The summed E-state index contributed by atoms with van der Waals surface area (Å²) in [4.78, 5) is 19.5. The van der Waals surface area contributed by atoms with Crippen LogP contribution >= 0.6 is 0 Å². The number of carbonyl (C=O) groups is 1. The molecular weight excluding hydrogens is 261 g/mol. The third-order valence-electron chi connectivity index (χ3n) is 2.88. The standard InChI is InChI=1S/C14H10FN3O2/c15-10-4-1-3-9(7-10)13-17-11-5-2-6-16-14(11)18(13)8-12(19)20/h1-7H,8H2,(H,19,20). The van der Waals surface area contributed by atoms with Gasteiger partial charge in [0.15, 0.2) is 5.65 Å². The highest BCUT2D eigenvalue weighted by atomic mass is 19.1. The smallest absolute Gasteiger partial charge is 0.323 e. The Balaban J connectivity index is 2.26. The summed E-state index contributed by atoms with van der Waals surface area (Å²) in [5.74, 6) is -1.02. The SMILES string of the molecule is O=C(O)Cn1c(-c2cccc(F)c2)nc2cccnc21. The Morgan fingerprint density at radius 3 is 2.90 bits per heavy atom.